The Morgan fingerprint density at radius 2 is 1.03 bits per heavy atom. The number of unbranched alkanes of at least 4 members (excludes halogenated alkanes) is 8. The summed E-state index contributed by atoms with van der Waals surface area (Å²) in [6, 6.07) is -0.986. The first-order valence-electron chi connectivity index (χ1n) is 22.2. The molecule has 0 spiro atoms. The highest BCUT2D eigenvalue weighted by Crippen LogP contribution is 2.33. The van der Waals surface area contributed by atoms with E-state index in [-0.39, 0.29) is 18.9 Å². The molecule has 19 heteroatoms. The van der Waals surface area contributed by atoms with E-state index in [0.29, 0.717) is 12.8 Å². The summed E-state index contributed by atoms with van der Waals surface area (Å²) >= 11 is 0. The van der Waals surface area contributed by atoms with E-state index in [9.17, 15) is 61.0 Å². The lowest BCUT2D eigenvalue weighted by atomic mass is 9.96. The van der Waals surface area contributed by atoms with Crippen molar-refractivity contribution in [2.24, 2.45) is 0 Å². The molecule has 3 heterocycles. The van der Waals surface area contributed by atoms with E-state index in [1.807, 2.05) is 0 Å². The van der Waals surface area contributed by atoms with Crippen LogP contribution in [-0.2, 0) is 33.2 Å². The van der Waals surface area contributed by atoms with Gasteiger partial charge in [-0.1, -0.05) is 82.4 Å². The Hall–Kier alpha value is -1.99. The van der Waals surface area contributed by atoms with Gasteiger partial charge in [0.1, 0.15) is 73.2 Å². The zero-order chi connectivity index (χ0) is 45.6. The fourth-order valence-electron chi connectivity index (χ4n) is 7.33. The Labute approximate surface area is 364 Å². The van der Waals surface area contributed by atoms with E-state index in [4.69, 9.17) is 28.4 Å². The minimum absolute atomic E-state index is 0.222. The van der Waals surface area contributed by atoms with Crippen LogP contribution in [0.25, 0.3) is 0 Å². The quantitative estimate of drug-likeness (QED) is 0.0334. The average Bonchev–Trinajstić information content (AvgIpc) is 3.26. The summed E-state index contributed by atoms with van der Waals surface area (Å²) in [5, 5.41) is 119. The molecule has 0 aliphatic carbocycles. The van der Waals surface area contributed by atoms with Gasteiger partial charge in [-0.15, -0.1) is 0 Å². The molecule has 17 atom stereocenters. The highest BCUT2D eigenvalue weighted by atomic mass is 16.8. The summed E-state index contributed by atoms with van der Waals surface area (Å²) in [6.07, 6.45) is -3.44. The highest BCUT2D eigenvalue weighted by Gasteiger charge is 2.53. The average molecular weight is 894 g/mol. The Bertz CT molecular complexity index is 1300. The van der Waals surface area contributed by atoms with Crippen LogP contribution >= 0.6 is 0 Å². The first kappa shape index (κ1) is 54.3. The molecule has 19 nitrogen and oxygen atoms in total. The van der Waals surface area contributed by atoms with Crippen molar-refractivity contribution in [3.05, 3.63) is 36.5 Å². The summed E-state index contributed by atoms with van der Waals surface area (Å²) < 4.78 is 33.9. The SMILES string of the molecule is CCC/C=C\CCCCCCCC(=O)NC(COC1OC(CO)C(OC2OC(CO)C(OC3OC(CO)C(O)C(O)C3O)C(O)C2O)C(O)C1O)C(O)/C=C/CC/C=C/CCC. The number of carbonyl (C=O) groups is 1. The van der Waals surface area contributed by atoms with Gasteiger partial charge in [-0.25, -0.2) is 0 Å². The Morgan fingerprint density at radius 3 is 1.61 bits per heavy atom. The largest absolute Gasteiger partial charge is 0.394 e. The highest BCUT2D eigenvalue weighted by molar-refractivity contribution is 5.76. The Morgan fingerprint density at radius 1 is 0.565 bits per heavy atom. The number of hydrogen-bond donors (Lipinski definition) is 12. The van der Waals surface area contributed by atoms with Crippen LogP contribution < -0.4 is 5.32 Å². The van der Waals surface area contributed by atoms with Gasteiger partial charge < -0.3 is 89.9 Å². The molecule has 3 aliphatic heterocycles. The molecule has 17 unspecified atom stereocenters. The summed E-state index contributed by atoms with van der Waals surface area (Å²) in [5.74, 6) is -0.307. The maximum Gasteiger partial charge on any atom is 0.220 e. The number of nitrogens with one attached hydrogen (secondary N) is 1. The van der Waals surface area contributed by atoms with Crippen molar-refractivity contribution in [2.75, 3.05) is 26.4 Å². The normalized spacial score (nSPS) is 35.5. The molecule has 3 saturated heterocycles. The maximum atomic E-state index is 13.0. The Kier molecular flexibility index (Phi) is 25.9. The molecule has 1 amide bonds. The van der Waals surface area contributed by atoms with Gasteiger partial charge in [-0.05, 0) is 44.9 Å². The number of aliphatic hydroxyl groups is 11. The number of carbonyl (C=O) groups excluding carboxylic acids is 1. The van der Waals surface area contributed by atoms with Gasteiger partial charge in [-0.2, -0.15) is 0 Å². The van der Waals surface area contributed by atoms with Crippen LogP contribution in [0, 0.1) is 0 Å². The van der Waals surface area contributed by atoms with E-state index in [2.05, 4.69) is 43.5 Å². The van der Waals surface area contributed by atoms with Crippen LogP contribution in [0.3, 0.4) is 0 Å². The van der Waals surface area contributed by atoms with E-state index in [0.717, 1.165) is 64.2 Å². The third kappa shape index (κ3) is 16.8. The molecule has 0 bridgehead atoms. The smallest absolute Gasteiger partial charge is 0.220 e. The predicted octanol–water partition coefficient (Wildman–Crippen LogP) is -0.923. The first-order chi connectivity index (χ1) is 29.8. The van der Waals surface area contributed by atoms with Crippen LogP contribution in [0.5, 0.6) is 0 Å². The second kappa shape index (κ2) is 29.5. The fraction of sp³-hybridized carbons (Fsp3) is 0.837. The number of amides is 1. The van der Waals surface area contributed by atoms with Crippen LogP contribution in [0.2, 0.25) is 0 Å². The van der Waals surface area contributed by atoms with Crippen molar-refractivity contribution in [1.82, 2.24) is 5.32 Å². The van der Waals surface area contributed by atoms with Crippen LogP contribution in [-0.4, -0.2) is 193 Å². The molecular formula is C43H75NO18. The number of allylic oxidation sites excluding steroid dienone is 5. The number of hydrogen-bond acceptors (Lipinski definition) is 18. The molecule has 0 aromatic rings. The van der Waals surface area contributed by atoms with Gasteiger partial charge in [-0.3, -0.25) is 4.79 Å². The minimum Gasteiger partial charge on any atom is -0.394 e. The van der Waals surface area contributed by atoms with E-state index in [1.54, 1.807) is 12.2 Å². The summed E-state index contributed by atoms with van der Waals surface area (Å²) in [6.45, 7) is 1.43. The topological polar surface area (TPSA) is 307 Å². The second-order valence-electron chi connectivity index (χ2n) is 16.1. The molecule has 12 N–H and O–H groups in total. The molecule has 3 aliphatic rings. The molecule has 360 valence electrons. The molecule has 3 fully saturated rings. The molecule has 62 heavy (non-hydrogen) atoms. The van der Waals surface area contributed by atoms with E-state index in [1.165, 1.54) is 0 Å². The number of rotatable bonds is 28. The zero-order valence-corrected chi connectivity index (χ0v) is 36.1. The maximum absolute atomic E-state index is 13.0. The van der Waals surface area contributed by atoms with Gasteiger partial charge in [0, 0.05) is 6.42 Å². The van der Waals surface area contributed by atoms with Gasteiger partial charge in [0.2, 0.25) is 5.91 Å². The van der Waals surface area contributed by atoms with Crippen molar-refractivity contribution < 1.29 is 89.4 Å². The number of aliphatic hydroxyl groups excluding tert-OH is 11. The lowest BCUT2D eigenvalue weighted by Gasteiger charge is -2.48. The van der Waals surface area contributed by atoms with E-state index < -0.39 is 124 Å². The lowest BCUT2D eigenvalue weighted by molar-refractivity contribution is -0.379. The van der Waals surface area contributed by atoms with Crippen molar-refractivity contribution in [2.45, 2.75) is 202 Å². The first-order valence-corrected chi connectivity index (χ1v) is 22.2. The second-order valence-corrected chi connectivity index (χ2v) is 16.1. The summed E-state index contributed by atoms with van der Waals surface area (Å²) in [5.41, 5.74) is 0. The summed E-state index contributed by atoms with van der Waals surface area (Å²) in [4.78, 5) is 13.0. The third-order valence-electron chi connectivity index (χ3n) is 11.1. The third-order valence-corrected chi connectivity index (χ3v) is 11.1. The van der Waals surface area contributed by atoms with Gasteiger partial charge in [0.15, 0.2) is 18.9 Å². The van der Waals surface area contributed by atoms with Crippen molar-refractivity contribution >= 4 is 5.91 Å². The van der Waals surface area contributed by atoms with Crippen molar-refractivity contribution in [3.8, 4) is 0 Å². The van der Waals surface area contributed by atoms with Gasteiger partial charge >= 0.3 is 0 Å². The monoisotopic (exact) mass is 893 g/mol. The molecule has 0 aromatic heterocycles. The molecule has 0 aromatic carbocycles. The predicted molar refractivity (Wildman–Crippen MR) is 222 cm³/mol. The van der Waals surface area contributed by atoms with Crippen molar-refractivity contribution in [3.63, 3.8) is 0 Å². The molecule has 3 rings (SSSR count). The minimum atomic E-state index is -1.98. The fourth-order valence-corrected chi connectivity index (χ4v) is 7.33. The lowest BCUT2D eigenvalue weighted by Crippen LogP contribution is -2.66. The Balaban J connectivity index is 1.61. The zero-order valence-electron chi connectivity index (χ0n) is 36.1. The molecular weight excluding hydrogens is 818 g/mol. The van der Waals surface area contributed by atoms with Crippen LogP contribution in [0.1, 0.15) is 97.3 Å². The van der Waals surface area contributed by atoms with Gasteiger partial charge in [0.05, 0.1) is 38.6 Å². The number of ether oxygens (including phenoxy) is 6. The van der Waals surface area contributed by atoms with Gasteiger partial charge in [0.25, 0.3) is 0 Å². The summed E-state index contributed by atoms with van der Waals surface area (Å²) in [7, 11) is 0. The molecule has 0 radical (unpaired) electrons. The van der Waals surface area contributed by atoms with Crippen LogP contribution in [0.15, 0.2) is 36.5 Å². The molecule has 0 saturated carbocycles. The van der Waals surface area contributed by atoms with Crippen LogP contribution in [0.4, 0.5) is 0 Å². The standard InChI is InChI=1S/C43H75NO18/c1-3-5-7-9-11-12-13-15-17-19-21-31(49)44-26(27(48)20-18-16-14-10-8-6-4-2)25-57-41-37(55)34(52)39(29(23-46)59-41)62-43-38(56)35(53)40(30(24-47)60-43)61-42-36(54)33(51)32(50)28(22-45)58-42/h7-10,18,20,26-30,32-43,45-48,50-56H,3-6,11-17,19,21-25H2,1-2H3,(H,44,49)/b9-7-,10-8+,20-18+. The van der Waals surface area contributed by atoms with Crippen molar-refractivity contribution in [1.29, 1.82) is 0 Å². The van der Waals surface area contributed by atoms with E-state index >= 15 is 0 Å².